The van der Waals surface area contributed by atoms with E-state index in [-0.39, 0.29) is 11.6 Å². The molecule has 18 heavy (non-hydrogen) atoms. The number of halogens is 1. The van der Waals surface area contributed by atoms with Crippen molar-refractivity contribution in [1.29, 1.82) is 0 Å². The van der Waals surface area contributed by atoms with E-state index >= 15 is 0 Å². The van der Waals surface area contributed by atoms with Crippen LogP contribution in [0.1, 0.15) is 31.7 Å². The number of carbonyl (C=O) groups is 1. The van der Waals surface area contributed by atoms with Crippen molar-refractivity contribution >= 4 is 17.6 Å². The normalized spacial score (nSPS) is 16.8. The van der Waals surface area contributed by atoms with Crippen LogP contribution in [-0.4, -0.2) is 18.1 Å². The van der Waals surface area contributed by atoms with E-state index in [1.807, 2.05) is 24.3 Å². The van der Waals surface area contributed by atoms with Crippen LogP contribution in [0.25, 0.3) is 0 Å². The Balaban J connectivity index is 1.72. The van der Waals surface area contributed by atoms with E-state index in [9.17, 15) is 4.79 Å². The van der Waals surface area contributed by atoms with Gasteiger partial charge in [-0.1, -0.05) is 29.8 Å². The molecule has 0 spiro atoms. The van der Waals surface area contributed by atoms with E-state index in [0.29, 0.717) is 6.54 Å². The molecule has 0 radical (unpaired) electrons. The predicted molar refractivity (Wildman–Crippen MR) is 73.9 cm³/mol. The number of urea groups is 1. The Kier molecular flexibility index (Phi) is 4.12. The summed E-state index contributed by atoms with van der Waals surface area (Å²) < 4.78 is 0. The largest absolute Gasteiger partial charge is 0.338 e. The van der Waals surface area contributed by atoms with Gasteiger partial charge >= 0.3 is 6.03 Å². The highest BCUT2D eigenvalue weighted by molar-refractivity contribution is 6.31. The molecule has 1 aliphatic rings. The van der Waals surface area contributed by atoms with Gasteiger partial charge < -0.3 is 10.6 Å². The number of rotatable bonds is 4. The molecule has 3 nitrogen and oxygen atoms in total. The van der Waals surface area contributed by atoms with Gasteiger partial charge in [-0.3, -0.25) is 0 Å². The van der Waals surface area contributed by atoms with Gasteiger partial charge in [0.1, 0.15) is 0 Å². The van der Waals surface area contributed by atoms with Crippen molar-refractivity contribution in [2.75, 3.05) is 6.54 Å². The summed E-state index contributed by atoms with van der Waals surface area (Å²) in [7, 11) is 0. The summed E-state index contributed by atoms with van der Waals surface area (Å²) in [6.07, 6.45) is 4.11. The first-order chi connectivity index (χ1) is 8.59. The Labute approximate surface area is 113 Å². The van der Waals surface area contributed by atoms with Crippen LogP contribution in [0.15, 0.2) is 24.3 Å². The molecule has 98 valence electrons. The van der Waals surface area contributed by atoms with Gasteiger partial charge in [0, 0.05) is 17.1 Å². The highest BCUT2D eigenvalue weighted by Crippen LogP contribution is 2.30. The van der Waals surface area contributed by atoms with E-state index in [1.54, 1.807) is 0 Å². The summed E-state index contributed by atoms with van der Waals surface area (Å²) in [5, 5.41) is 6.64. The van der Waals surface area contributed by atoms with E-state index in [1.165, 1.54) is 6.42 Å². The monoisotopic (exact) mass is 266 g/mol. The van der Waals surface area contributed by atoms with Gasteiger partial charge in [0.25, 0.3) is 0 Å². The van der Waals surface area contributed by atoms with Crippen molar-refractivity contribution in [2.45, 2.75) is 38.1 Å². The molecule has 0 saturated heterocycles. The molecule has 1 fully saturated rings. The lowest BCUT2D eigenvalue weighted by molar-refractivity contribution is 0.191. The fourth-order valence-electron chi connectivity index (χ4n) is 2.16. The van der Waals surface area contributed by atoms with Crippen molar-refractivity contribution in [3.8, 4) is 0 Å². The highest BCUT2D eigenvalue weighted by atomic mass is 35.5. The molecule has 0 aromatic heterocycles. The van der Waals surface area contributed by atoms with Gasteiger partial charge in [-0.25, -0.2) is 4.79 Å². The highest BCUT2D eigenvalue weighted by Gasteiger charge is 2.32. The number of nitrogens with one attached hydrogen (secondary N) is 2. The number of carbonyl (C=O) groups excluding carboxylic acids is 1. The van der Waals surface area contributed by atoms with Gasteiger partial charge in [-0.15, -0.1) is 0 Å². The van der Waals surface area contributed by atoms with Crippen LogP contribution in [0.2, 0.25) is 5.02 Å². The van der Waals surface area contributed by atoms with Crippen molar-refractivity contribution in [2.24, 2.45) is 0 Å². The average molecular weight is 267 g/mol. The minimum absolute atomic E-state index is 0.00841. The lowest BCUT2D eigenvalue weighted by Gasteiger charge is -2.39. The number of hydrogen-bond donors (Lipinski definition) is 2. The Bertz CT molecular complexity index is 430. The maximum absolute atomic E-state index is 11.7. The molecule has 0 heterocycles. The molecular formula is C14H19ClN2O. The van der Waals surface area contributed by atoms with Crippen LogP contribution in [0.4, 0.5) is 4.79 Å². The molecule has 0 aliphatic heterocycles. The van der Waals surface area contributed by atoms with E-state index in [2.05, 4.69) is 17.6 Å². The van der Waals surface area contributed by atoms with Gasteiger partial charge in [-0.2, -0.15) is 0 Å². The average Bonchev–Trinajstić information content (AvgIpc) is 2.29. The second-order valence-corrected chi connectivity index (χ2v) is 5.54. The topological polar surface area (TPSA) is 41.1 Å². The van der Waals surface area contributed by atoms with Crippen LogP contribution >= 0.6 is 11.6 Å². The molecule has 2 N–H and O–H groups in total. The molecule has 1 aliphatic carbocycles. The Morgan fingerprint density at radius 3 is 2.72 bits per heavy atom. The van der Waals surface area contributed by atoms with Crippen LogP contribution in [0.5, 0.6) is 0 Å². The lowest BCUT2D eigenvalue weighted by Crippen LogP contribution is -2.54. The molecule has 0 atom stereocenters. The third-order valence-corrected chi connectivity index (χ3v) is 3.88. The predicted octanol–water partition coefficient (Wildman–Crippen LogP) is 3.12. The first kappa shape index (κ1) is 13.2. The molecule has 2 amide bonds. The van der Waals surface area contributed by atoms with Gasteiger partial charge in [0.05, 0.1) is 0 Å². The Hall–Kier alpha value is -1.22. The third kappa shape index (κ3) is 3.39. The van der Waals surface area contributed by atoms with E-state index < -0.39 is 0 Å². The van der Waals surface area contributed by atoms with Gasteiger partial charge in [0.15, 0.2) is 0 Å². The first-order valence-corrected chi connectivity index (χ1v) is 6.76. The molecule has 1 aromatic rings. The summed E-state index contributed by atoms with van der Waals surface area (Å²) in [6, 6.07) is 7.63. The van der Waals surface area contributed by atoms with Crippen LogP contribution < -0.4 is 10.6 Å². The first-order valence-electron chi connectivity index (χ1n) is 6.38. The van der Waals surface area contributed by atoms with Crippen molar-refractivity contribution in [1.82, 2.24) is 10.6 Å². The number of amides is 2. The summed E-state index contributed by atoms with van der Waals surface area (Å²) in [5.74, 6) is 0. The Morgan fingerprint density at radius 2 is 2.11 bits per heavy atom. The standard InChI is InChI=1S/C14H19ClN2O/c1-14(8-4-9-14)17-13(18)16-10-7-11-5-2-3-6-12(11)15/h2-3,5-6H,4,7-10H2,1H3,(H2,16,17,18). The van der Waals surface area contributed by atoms with E-state index in [4.69, 9.17) is 11.6 Å². The SMILES string of the molecule is CC1(NC(=O)NCCc2ccccc2Cl)CCC1. The maximum atomic E-state index is 11.7. The Morgan fingerprint density at radius 1 is 1.39 bits per heavy atom. The molecule has 0 unspecified atom stereocenters. The summed E-state index contributed by atoms with van der Waals surface area (Å²) >= 11 is 6.05. The minimum atomic E-state index is -0.0794. The van der Waals surface area contributed by atoms with Crippen LogP contribution in [-0.2, 0) is 6.42 Å². The summed E-state index contributed by atoms with van der Waals surface area (Å²) in [5.41, 5.74) is 1.07. The fraction of sp³-hybridized carbons (Fsp3) is 0.500. The zero-order chi connectivity index (χ0) is 13.0. The number of benzene rings is 1. The molecule has 1 saturated carbocycles. The quantitative estimate of drug-likeness (QED) is 0.864. The lowest BCUT2D eigenvalue weighted by atomic mass is 9.79. The molecule has 2 rings (SSSR count). The second-order valence-electron chi connectivity index (χ2n) is 5.14. The van der Waals surface area contributed by atoms with Crippen LogP contribution in [0.3, 0.4) is 0 Å². The summed E-state index contributed by atoms with van der Waals surface area (Å²) in [4.78, 5) is 11.7. The van der Waals surface area contributed by atoms with Crippen molar-refractivity contribution < 1.29 is 4.79 Å². The fourth-order valence-corrected chi connectivity index (χ4v) is 2.39. The van der Waals surface area contributed by atoms with Gasteiger partial charge in [-0.05, 0) is 44.2 Å². The molecule has 0 bridgehead atoms. The molecule has 1 aromatic carbocycles. The van der Waals surface area contributed by atoms with Gasteiger partial charge in [0.2, 0.25) is 0 Å². The zero-order valence-electron chi connectivity index (χ0n) is 10.6. The second kappa shape index (κ2) is 5.61. The van der Waals surface area contributed by atoms with E-state index in [0.717, 1.165) is 29.8 Å². The number of hydrogen-bond acceptors (Lipinski definition) is 1. The molecule has 4 heteroatoms. The smallest absolute Gasteiger partial charge is 0.315 e. The molecular weight excluding hydrogens is 248 g/mol. The minimum Gasteiger partial charge on any atom is -0.338 e. The van der Waals surface area contributed by atoms with Crippen LogP contribution in [0, 0.1) is 0 Å². The van der Waals surface area contributed by atoms with Crippen molar-refractivity contribution in [3.63, 3.8) is 0 Å². The third-order valence-electron chi connectivity index (χ3n) is 3.51. The van der Waals surface area contributed by atoms with Crippen molar-refractivity contribution in [3.05, 3.63) is 34.9 Å². The zero-order valence-corrected chi connectivity index (χ0v) is 11.4. The summed E-state index contributed by atoms with van der Waals surface area (Å²) in [6.45, 7) is 2.69. The maximum Gasteiger partial charge on any atom is 0.315 e.